The maximum atomic E-state index is 11.9. The van der Waals surface area contributed by atoms with Crippen LogP contribution in [0.4, 0.5) is 4.79 Å². The van der Waals surface area contributed by atoms with Gasteiger partial charge in [0.05, 0.1) is 0 Å². The fourth-order valence-corrected chi connectivity index (χ4v) is 2.75. The molecule has 0 saturated heterocycles. The molecule has 5 heteroatoms. The summed E-state index contributed by atoms with van der Waals surface area (Å²) in [5.74, 6) is -1.05. The topological polar surface area (TPSA) is 78.4 Å². The third kappa shape index (κ3) is 5.02. The van der Waals surface area contributed by atoms with Gasteiger partial charge in [0, 0.05) is 6.54 Å². The first-order valence-electron chi connectivity index (χ1n) is 7.65. The van der Waals surface area contributed by atoms with E-state index in [9.17, 15) is 9.59 Å². The van der Waals surface area contributed by atoms with Crippen molar-refractivity contribution in [2.75, 3.05) is 6.54 Å². The lowest BCUT2D eigenvalue weighted by molar-refractivity contribution is -0.140. The van der Waals surface area contributed by atoms with Gasteiger partial charge < -0.3 is 15.7 Å². The second kappa shape index (κ2) is 7.50. The summed E-state index contributed by atoms with van der Waals surface area (Å²) in [5.41, 5.74) is 0.157. The van der Waals surface area contributed by atoms with Crippen LogP contribution in [-0.4, -0.2) is 29.7 Å². The number of hydrogen-bond donors (Lipinski definition) is 3. The highest BCUT2D eigenvalue weighted by Gasteiger charge is 2.29. The second-order valence-electron chi connectivity index (χ2n) is 6.40. The highest BCUT2D eigenvalue weighted by molar-refractivity contribution is 5.82. The van der Waals surface area contributed by atoms with E-state index >= 15 is 0 Å². The van der Waals surface area contributed by atoms with Crippen LogP contribution in [0.1, 0.15) is 59.3 Å². The normalized spacial score (nSPS) is 20.8. The van der Waals surface area contributed by atoms with Gasteiger partial charge in [-0.3, -0.25) is 0 Å². The summed E-state index contributed by atoms with van der Waals surface area (Å²) in [6.45, 7) is 6.56. The van der Waals surface area contributed by atoms with Gasteiger partial charge in [0.25, 0.3) is 0 Å². The fourth-order valence-electron chi connectivity index (χ4n) is 2.75. The zero-order chi connectivity index (χ0) is 15.2. The number of amides is 2. The van der Waals surface area contributed by atoms with Crippen LogP contribution in [0, 0.1) is 11.3 Å². The van der Waals surface area contributed by atoms with Crippen molar-refractivity contribution in [3.63, 3.8) is 0 Å². The van der Waals surface area contributed by atoms with Gasteiger partial charge in [0.1, 0.15) is 6.04 Å². The molecule has 0 spiro atoms. The molecule has 116 valence electrons. The molecule has 20 heavy (non-hydrogen) atoms. The molecule has 0 heterocycles. The number of carboxylic acid groups (broad SMARTS) is 1. The fraction of sp³-hybridized carbons (Fsp3) is 0.867. The maximum Gasteiger partial charge on any atom is 0.326 e. The average molecular weight is 284 g/mol. The van der Waals surface area contributed by atoms with Crippen LogP contribution in [0.25, 0.3) is 0 Å². The Morgan fingerprint density at radius 2 is 1.85 bits per heavy atom. The van der Waals surface area contributed by atoms with E-state index in [0.29, 0.717) is 6.54 Å². The molecule has 0 unspecified atom stereocenters. The Morgan fingerprint density at radius 3 is 2.35 bits per heavy atom. The Labute approximate surface area is 121 Å². The van der Waals surface area contributed by atoms with E-state index in [2.05, 4.69) is 17.6 Å². The van der Waals surface area contributed by atoms with Gasteiger partial charge in [0.2, 0.25) is 0 Å². The van der Waals surface area contributed by atoms with Gasteiger partial charge in [-0.15, -0.1) is 0 Å². The molecule has 1 fully saturated rings. The third-order valence-corrected chi connectivity index (χ3v) is 4.50. The third-order valence-electron chi connectivity index (χ3n) is 4.50. The zero-order valence-electron chi connectivity index (χ0n) is 12.9. The Morgan fingerprint density at radius 1 is 1.25 bits per heavy atom. The highest BCUT2D eigenvalue weighted by Crippen LogP contribution is 2.34. The summed E-state index contributed by atoms with van der Waals surface area (Å²) in [4.78, 5) is 23.0. The first-order chi connectivity index (χ1) is 9.38. The molecule has 5 nitrogen and oxygen atoms in total. The molecule has 2 amide bonds. The summed E-state index contributed by atoms with van der Waals surface area (Å²) in [7, 11) is 0. The molecular weight excluding hydrogens is 256 g/mol. The first kappa shape index (κ1) is 16.8. The van der Waals surface area contributed by atoms with Gasteiger partial charge in [-0.2, -0.15) is 0 Å². The average Bonchev–Trinajstić information content (AvgIpc) is 2.42. The molecule has 1 rings (SSSR count). The van der Waals surface area contributed by atoms with Gasteiger partial charge in [0.15, 0.2) is 0 Å². The minimum Gasteiger partial charge on any atom is -0.480 e. The highest BCUT2D eigenvalue weighted by atomic mass is 16.4. The van der Waals surface area contributed by atoms with E-state index in [0.717, 1.165) is 19.3 Å². The van der Waals surface area contributed by atoms with Gasteiger partial charge in [-0.05, 0) is 24.2 Å². The van der Waals surface area contributed by atoms with Gasteiger partial charge >= 0.3 is 12.0 Å². The van der Waals surface area contributed by atoms with Crippen molar-refractivity contribution in [3.05, 3.63) is 0 Å². The van der Waals surface area contributed by atoms with Crippen LogP contribution < -0.4 is 10.6 Å². The number of urea groups is 1. The Bertz CT molecular complexity index is 338. The van der Waals surface area contributed by atoms with Gasteiger partial charge in [-0.25, -0.2) is 9.59 Å². The number of hydrogen-bond acceptors (Lipinski definition) is 2. The first-order valence-corrected chi connectivity index (χ1v) is 7.65. The van der Waals surface area contributed by atoms with Crippen LogP contribution >= 0.6 is 0 Å². The molecule has 1 saturated carbocycles. The van der Waals surface area contributed by atoms with Crippen LogP contribution in [0.5, 0.6) is 0 Å². The van der Waals surface area contributed by atoms with Gasteiger partial charge in [-0.1, -0.05) is 46.5 Å². The van der Waals surface area contributed by atoms with E-state index in [-0.39, 0.29) is 17.4 Å². The molecule has 0 bridgehead atoms. The monoisotopic (exact) mass is 284 g/mol. The van der Waals surface area contributed by atoms with Crippen LogP contribution in [0.2, 0.25) is 0 Å². The van der Waals surface area contributed by atoms with Crippen LogP contribution in [0.15, 0.2) is 0 Å². The smallest absolute Gasteiger partial charge is 0.326 e. The lowest BCUT2D eigenvalue weighted by Crippen LogP contribution is -2.50. The summed E-state index contributed by atoms with van der Waals surface area (Å²) < 4.78 is 0. The maximum absolute atomic E-state index is 11.9. The summed E-state index contributed by atoms with van der Waals surface area (Å²) in [5, 5.41) is 14.6. The minimum absolute atomic E-state index is 0.0801. The predicted octanol–water partition coefficient (Wildman–Crippen LogP) is 2.76. The molecule has 0 aromatic rings. The van der Waals surface area contributed by atoms with E-state index < -0.39 is 12.0 Å². The summed E-state index contributed by atoms with van der Waals surface area (Å²) >= 11 is 0. The van der Waals surface area contributed by atoms with E-state index in [1.54, 1.807) is 0 Å². The summed E-state index contributed by atoms with van der Waals surface area (Å²) in [6, 6.07) is -1.19. The molecule has 0 aromatic heterocycles. The van der Waals surface area contributed by atoms with Crippen molar-refractivity contribution >= 4 is 12.0 Å². The van der Waals surface area contributed by atoms with Crippen molar-refractivity contribution in [2.24, 2.45) is 11.3 Å². The molecule has 0 aliphatic heterocycles. The Kier molecular flexibility index (Phi) is 6.30. The predicted molar refractivity (Wildman–Crippen MR) is 78.6 cm³/mol. The van der Waals surface area contributed by atoms with E-state index in [4.69, 9.17) is 5.11 Å². The number of rotatable bonds is 6. The second-order valence-corrected chi connectivity index (χ2v) is 6.40. The molecule has 3 N–H and O–H groups in total. The molecular formula is C15H28N2O3. The molecule has 0 radical (unpaired) electrons. The molecule has 1 aliphatic rings. The largest absolute Gasteiger partial charge is 0.480 e. The Balaban J connectivity index is 2.43. The standard InChI is InChI=1S/C15H28N2O3/c1-4-11(2)12(13(18)19)17-14(20)16-10-15(3)8-6-5-7-9-15/h11-12H,4-10H2,1-3H3,(H,18,19)(H2,16,17,20)/t11-,12-/m0/s1. The number of aliphatic carboxylic acids is 1. The SMILES string of the molecule is CC[C@H](C)[C@H](NC(=O)NCC1(C)CCCCC1)C(=O)O. The van der Waals surface area contributed by atoms with Crippen molar-refractivity contribution in [1.29, 1.82) is 0 Å². The molecule has 0 aromatic carbocycles. The quantitative estimate of drug-likeness (QED) is 0.701. The number of carboxylic acids is 1. The number of nitrogens with one attached hydrogen (secondary N) is 2. The zero-order valence-corrected chi connectivity index (χ0v) is 12.9. The lowest BCUT2D eigenvalue weighted by atomic mass is 9.76. The number of carbonyl (C=O) groups excluding carboxylic acids is 1. The van der Waals surface area contributed by atoms with E-state index in [1.165, 1.54) is 19.3 Å². The molecule has 1 aliphatic carbocycles. The van der Waals surface area contributed by atoms with E-state index in [1.807, 2.05) is 13.8 Å². The minimum atomic E-state index is -0.974. The van der Waals surface area contributed by atoms with Crippen molar-refractivity contribution < 1.29 is 14.7 Å². The molecule has 2 atom stereocenters. The lowest BCUT2D eigenvalue weighted by Gasteiger charge is -2.33. The summed E-state index contributed by atoms with van der Waals surface area (Å²) in [6.07, 6.45) is 6.67. The van der Waals surface area contributed by atoms with Crippen LogP contribution in [-0.2, 0) is 4.79 Å². The van der Waals surface area contributed by atoms with Crippen molar-refractivity contribution in [2.45, 2.75) is 65.3 Å². The van der Waals surface area contributed by atoms with Crippen LogP contribution in [0.3, 0.4) is 0 Å². The van der Waals surface area contributed by atoms with Crippen molar-refractivity contribution in [3.8, 4) is 0 Å². The van der Waals surface area contributed by atoms with Crippen molar-refractivity contribution in [1.82, 2.24) is 10.6 Å². The Hall–Kier alpha value is -1.26. The number of carbonyl (C=O) groups is 2.